The number of piperazine rings is 1. The first kappa shape index (κ1) is 17.9. The second kappa shape index (κ2) is 6.98. The first-order chi connectivity index (χ1) is 10.8. The molecule has 0 unspecified atom stereocenters. The van der Waals surface area contributed by atoms with E-state index in [4.69, 9.17) is 5.11 Å². The predicted octanol–water partition coefficient (Wildman–Crippen LogP) is 1.83. The Morgan fingerprint density at radius 2 is 1.83 bits per heavy atom. The maximum atomic E-state index is 13.0. The van der Waals surface area contributed by atoms with Gasteiger partial charge in [0.25, 0.3) is 0 Å². The van der Waals surface area contributed by atoms with Crippen molar-refractivity contribution in [1.29, 1.82) is 0 Å². The molecule has 0 radical (unpaired) electrons. The van der Waals surface area contributed by atoms with Crippen molar-refractivity contribution in [3.8, 4) is 0 Å². The Balaban J connectivity index is 2.42. The lowest BCUT2D eigenvalue weighted by Gasteiger charge is -2.33. The summed E-state index contributed by atoms with van der Waals surface area (Å²) in [5, 5.41) is 9.17. The summed E-state index contributed by atoms with van der Waals surface area (Å²) in [5.41, 5.74) is 0.660. The first-order valence-corrected chi connectivity index (χ1v) is 9.31. The Labute approximate surface area is 137 Å². The molecule has 0 amide bonds. The molecule has 0 bridgehead atoms. The Hall–Kier alpha value is -1.44. The van der Waals surface area contributed by atoms with Crippen molar-refractivity contribution in [1.82, 2.24) is 9.21 Å². The zero-order valence-corrected chi connectivity index (χ0v) is 14.6. The fraction of sp³-hybridized carbons (Fsp3) is 0.562. The van der Waals surface area contributed by atoms with E-state index < -0.39 is 16.0 Å². The normalized spacial score (nSPS) is 17.6. The van der Waals surface area contributed by atoms with Crippen molar-refractivity contribution in [2.24, 2.45) is 0 Å². The average Bonchev–Trinajstić information content (AvgIpc) is 2.54. The van der Waals surface area contributed by atoms with Crippen LogP contribution in [0.1, 0.15) is 42.6 Å². The number of aromatic carboxylic acids is 1. The summed E-state index contributed by atoms with van der Waals surface area (Å²) in [7, 11) is -3.68. The third kappa shape index (κ3) is 3.73. The molecule has 7 heteroatoms. The van der Waals surface area contributed by atoms with Gasteiger partial charge in [0.15, 0.2) is 0 Å². The molecule has 0 aliphatic carbocycles. The zero-order chi connectivity index (χ0) is 17.2. The van der Waals surface area contributed by atoms with Crippen LogP contribution in [0.4, 0.5) is 0 Å². The molecular weight excluding hydrogens is 316 g/mol. The van der Waals surface area contributed by atoms with Gasteiger partial charge >= 0.3 is 5.97 Å². The molecule has 0 saturated carbocycles. The molecule has 6 nitrogen and oxygen atoms in total. The van der Waals surface area contributed by atoms with Crippen molar-refractivity contribution >= 4 is 16.0 Å². The highest BCUT2D eigenvalue weighted by atomic mass is 32.2. The molecule has 1 heterocycles. The highest BCUT2D eigenvalue weighted by Gasteiger charge is 2.31. The smallest absolute Gasteiger partial charge is 0.335 e. The van der Waals surface area contributed by atoms with Gasteiger partial charge in [0, 0.05) is 26.2 Å². The lowest BCUT2D eigenvalue weighted by atomic mass is 10.0. The van der Waals surface area contributed by atoms with Gasteiger partial charge in [-0.15, -0.1) is 0 Å². The molecule has 1 saturated heterocycles. The van der Waals surface area contributed by atoms with E-state index in [1.807, 2.05) is 13.8 Å². The van der Waals surface area contributed by atoms with E-state index in [0.717, 1.165) is 6.54 Å². The van der Waals surface area contributed by atoms with E-state index in [9.17, 15) is 13.2 Å². The number of carboxylic acids is 1. The molecule has 0 spiro atoms. The maximum Gasteiger partial charge on any atom is 0.335 e. The van der Waals surface area contributed by atoms with Crippen LogP contribution in [-0.4, -0.2) is 61.4 Å². The molecule has 2 rings (SSSR count). The summed E-state index contributed by atoms with van der Waals surface area (Å²) in [4.78, 5) is 13.5. The average molecular weight is 340 g/mol. The van der Waals surface area contributed by atoms with E-state index in [2.05, 4.69) is 11.8 Å². The quantitative estimate of drug-likeness (QED) is 0.885. The van der Waals surface area contributed by atoms with Gasteiger partial charge in [0.1, 0.15) is 0 Å². The van der Waals surface area contributed by atoms with E-state index in [1.54, 1.807) is 6.07 Å². The molecule has 1 aliphatic heterocycles. The summed E-state index contributed by atoms with van der Waals surface area (Å²) in [6.45, 7) is 9.04. The maximum absolute atomic E-state index is 13.0. The van der Waals surface area contributed by atoms with Crippen LogP contribution in [-0.2, 0) is 10.0 Å². The minimum absolute atomic E-state index is 0.000157. The van der Waals surface area contributed by atoms with Crippen LogP contribution in [0.5, 0.6) is 0 Å². The SMILES string of the molecule is CCN1CCN(S(=O)(=O)c2cc(C(=O)O)ccc2C(C)C)CC1. The van der Waals surface area contributed by atoms with Gasteiger partial charge in [-0.05, 0) is 30.2 Å². The number of hydrogen-bond acceptors (Lipinski definition) is 4. The van der Waals surface area contributed by atoms with Gasteiger partial charge < -0.3 is 10.0 Å². The monoisotopic (exact) mass is 340 g/mol. The molecule has 23 heavy (non-hydrogen) atoms. The third-order valence-corrected chi connectivity index (χ3v) is 6.23. The zero-order valence-electron chi connectivity index (χ0n) is 13.8. The number of nitrogens with zero attached hydrogens (tertiary/aromatic N) is 2. The minimum Gasteiger partial charge on any atom is -0.478 e. The van der Waals surface area contributed by atoms with Crippen molar-refractivity contribution < 1.29 is 18.3 Å². The fourth-order valence-electron chi connectivity index (χ4n) is 2.79. The second-order valence-corrected chi connectivity index (χ2v) is 7.96. The van der Waals surface area contributed by atoms with Gasteiger partial charge in [-0.25, -0.2) is 13.2 Å². The number of carboxylic acid groups (broad SMARTS) is 1. The molecular formula is C16H24N2O4S. The third-order valence-electron chi connectivity index (χ3n) is 4.28. The molecule has 128 valence electrons. The van der Waals surface area contributed by atoms with Crippen LogP contribution in [0.25, 0.3) is 0 Å². The van der Waals surface area contributed by atoms with Gasteiger partial charge in [-0.3, -0.25) is 0 Å². The Morgan fingerprint density at radius 3 is 2.30 bits per heavy atom. The number of sulfonamides is 1. The predicted molar refractivity (Wildman–Crippen MR) is 88.4 cm³/mol. The van der Waals surface area contributed by atoms with Crippen LogP contribution in [0.3, 0.4) is 0 Å². The van der Waals surface area contributed by atoms with Crippen molar-refractivity contribution in [3.05, 3.63) is 29.3 Å². The number of hydrogen-bond donors (Lipinski definition) is 1. The fourth-order valence-corrected chi connectivity index (χ4v) is 4.59. The van der Waals surface area contributed by atoms with E-state index in [-0.39, 0.29) is 16.4 Å². The molecule has 1 aromatic carbocycles. The summed E-state index contributed by atoms with van der Waals surface area (Å²) in [6.07, 6.45) is 0. The summed E-state index contributed by atoms with van der Waals surface area (Å²) < 4.78 is 27.5. The van der Waals surface area contributed by atoms with Gasteiger partial charge in [-0.2, -0.15) is 4.31 Å². The Kier molecular flexibility index (Phi) is 5.44. The van der Waals surface area contributed by atoms with Crippen LogP contribution < -0.4 is 0 Å². The van der Waals surface area contributed by atoms with Crippen molar-refractivity contribution in [3.63, 3.8) is 0 Å². The van der Waals surface area contributed by atoms with Crippen LogP contribution in [0.15, 0.2) is 23.1 Å². The molecule has 0 aromatic heterocycles. The molecule has 0 atom stereocenters. The van der Waals surface area contributed by atoms with Crippen LogP contribution >= 0.6 is 0 Å². The summed E-state index contributed by atoms with van der Waals surface area (Å²) in [6, 6.07) is 4.37. The largest absolute Gasteiger partial charge is 0.478 e. The second-order valence-electron chi connectivity index (χ2n) is 6.05. The standard InChI is InChI=1S/C16H24N2O4S/c1-4-17-7-9-18(10-8-17)23(21,22)15-11-13(16(19)20)5-6-14(15)12(2)3/h5-6,11-12H,4,7-10H2,1-3H3,(H,19,20). The molecule has 1 aromatic rings. The highest BCUT2D eigenvalue weighted by Crippen LogP contribution is 2.28. The number of rotatable bonds is 5. The number of likely N-dealkylation sites (N-methyl/N-ethyl adjacent to an activating group) is 1. The van der Waals surface area contributed by atoms with Crippen molar-refractivity contribution in [2.45, 2.75) is 31.6 Å². The van der Waals surface area contributed by atoms with Gasteiger partial charge in [0.05, 0.1) is 10.5 Å². The highest BCUT2D eigenvalue weighted by molar-refractivity contribution is 7.89. The Bertz CT molecular complexity index is 677. The van der Waals surface area contributed by atoms with E-state index in [0.29, 0.717) is 31.7 Å². The number of benzene rings is 1. The topological polar surface area (TPSA) is 77.9 Å². The van der Waals surface area contributed by atoms with E-state index >= 15 is 0 Å². The number of carbonyl (C=O) groups is 1. The lowest BCUT2D eigenvalue weighted by molar-refractivity contribution is 0.0696. The van der Waals surface area contributed by atoms with Crippen LogP contribution in [0, 0.1) is 0 Å². The minimum atomic E-state index is -3.68. The Morgan fingerprint density at radius 1 is 1.22 bits per heavy atom. The molecule has 1 aliphatic rings. The summed E-state index contributed by atoms with van der Waals surface area (Å²) in [5.74, 6) is -1.12. The summed E-state index contributed by atoms with van der Waals surface area (Å²) >= 11 is 0. The van der Waals surface area contributed by atoms with Crippen LogP contribution in [0.2, 0.25) is 0 Å². The van der Waals surface area contributed by atoms with Gasteiger partial charge in [0.2, 0.25) is 10.0 Å². The molecule has 1 N–H and O–H groups in total. The van der Waals surface area contributed by atoms with Crippen molar-refractivity contribution in [2.75, 3.05) is 32.7 Å². The first-order valence-electron chi connectivity index (χ1n) is 7.87. The van der Waals surface area contributed by atoms with Gasteiger partial charge in [-0.1, -0.05) is 26.8 Å². The lowest BCUT2D eigenvalue weighted by Crippen LogP contribution is -2.48. The molecule has 1 fully saturated rings. The van der Waals surface area contributed by atoms with E-state index in [1.165, 1.54) is 16.4 Å².